The summed E-state index contributed by atoms with van der Waals surface area (Å²) in [5, 5.41) is 0.170. The summed E-state index contributed by atoms with van der Waals surface area (Å²) in [6, 6.07) is 6.94. The smallest absolute Gasteiger partial charge is 0.406 e. The average Bonchev–Trinajstić information content (AvgIpc) is 2.85. The molecule has 0 radical (unpaired) electrons. The molecule has 0 aliphatic heterocycles. The molecule has 0 bridgehead atoms. The second-order valence-electron chi connectivity index (χ2n) is 3.99. The molecule has 20 heavy (non-hydrogen) atoms. The van der Waals surface area contributed by atoms with Gasteiger partial charge in [-0.05, 0) is 36.3 Å². The minimum atomic E-state index is -4.56. The van der Waals surface area contributed by atoms with Gasteiger partial charge in [0, 0.05) is 16.3 Å². The lowest BCUT2D eigenvalue weighted by atomic mass is 9.97. The number of benzene rings is 1. The van der Waals surface area contributed by atoms with Crippen molar-refractivity contribution in [2.45, 2.75) is 12.1 Å². The molecule has 0 fully saturated rings. The van der Waals surface area contributed by atoms with Gasteiger partial charge in [0.05, 0.1) is 6.26 Å². The van der Waals surface area contributed by atoms with Crippen LogP contribution < -0.4 is 5.73 Å². The van der Waals surface area contributed by atoms with Crippen LogP contribution in [0.1, 0.15) is 17.2 Å². The summed E-state index contributed by atoms with van der Waals surface area (Å²) in [5.74, 6) is 2.61. The van der Waals surface area contributed by atoms with Crippen molar-refractivity contribution in [3.05, 3.63) is 52.9 Å². The maximum Gasteiger partial charge on any atom is 0.406 e. The lowest BCUT2D eigenvalue weighted by molar-refractivity contribution is -0.137. The van der Waals surface area contributed by atoms with Gasteiger partial charge in [0.15, 0.2) is 5.76 Å². The fraction of sp³-hybridized carbons (Fsp3) is 0.143. The summed E-state index contributed by atoms with van der Waals surface area (Å²) in [4.78, 5) is 0. The molecule has 1 aromatic heterocycles. The zero-order valence-electron chi connectivity index (χ0n) is 10.0. The summed E-state index contributed by atoms with van der Waals surface area (Å²) in [7, 11) is 0. The Labute approximate surface area is 118 Å². The first-order valence-corrected chi connectivity index (χ1v) is 5.92. The van der Waals surface area contributed by atoms with Gasteiger partial charge in [-0.2, -0.15) is 13.2 Å². The molecule has 104 valence electrons. The van der Waals surface area contributed by atoms with Crippen LogP contribution in [0.5, 0.6) is 0 Å². The Morgan fingerprint density at radius 2 is 2.00 bits per heavy atom. The van der Waals surface area contributed by atoms with Crippen molar-refractivity contribution >= 4 is 17.3 Å². The molecule has 0 saturated heterocycles. The molecule has 1 aromatic carbocycles. The number of nitrogen functional groups attached to an aromatic ring is 1. The van der Waals surface area contributed by atoms with Gasteiger partial charge < -0.3 is 10.2 Å². The van der Waals surface area contributed by atoms with E-state index in [0.717, 1.165) is 0 Å². The standard InChI is InChI=1S/C14H9ClF3NO/c15-9-3-6-13(19)11(8-9)12(14(16,17)18)5-4-10-2-1-7-20-10/h1-3,6-8,12H,19H2. The molecule has 2 nitrogen and oxygen atoms in total. The van der Waals surface area contributed by atoms with E-state index >= 15 is 0 Å². The van der Waals surface area contributed by atoms with Gasteiger partial charge in [0.2, 0.25) is 0 Å². The highest BCUT2D eigenvalue weighted by Gasteiger charge is 2.40. The van der Waals surface area contributed by atoms with Crippen molar-refractivity contribution in [1.29, 1.82) is 0 Å². The molecule has 0 aliphatic carbocycles. The van der Waals surface area contributed by atoms with Gasteiger partial charge in [-0.25, -0.2) is 0 Å². The van der Waals surface area contributed by atoms with Crippen LogP contribution >= 0.6 is 11.6 Å². The number of halogens is 4. The topological polar surface area (TPSA) is 39.2 Å². The van der Waals surface area contributed by atoms with E-state index in [2.05, 4.69) is 11.8 Å². The third-order valence-electron chi connectivity index (χ3n) is 2.55. The monoisotopic (exact) mass is 299 g/mol. The third-order valence-corrected chi connectivity index (χ3v) is 2.78. The predicted octanol–water partition coefficient (Wildman–Crippen LogP) is 4.21. The van der Waals surface area contributed by atoms with Crippen LogP contribution in [0.3, 0.4) is 0 Å². The lowest BCUT2D eigenvalue weighted by Crippen LogP contribution is -2.20. The van der Waals surface area contributed by atoms with Crippen molar-refractivity contribution in [2.24, 2.45) is 0 Å². The highest BCUT2D eigenvalue weighted by Crippen LogP contribution is 2.38. The minimum Gasteiger partial charge on any atom is -0.456 e. The molecule has 0 spiro atoms. The van der Waals surface area contributed by atoms with Crippen molar-refractivity contribution in [3.63, 3.8) is 0 Å². The fourth-order valence-corrected chi connectivity index (χ4v) is 1.81. The summed E-state index contributed by atoms with van der Waals surface area (Å²) in [6.07, 6.45) is -3.22. The van der Waals surface area contributed by atoms with Crippen molar-refractivity contribution in [1.82, 2.24) is 0 Å². The molecule has 0 saturated carbocycles. The van der Waals surface area contributed by atoms with Gasteiger partial charge in [0.1, 0.15) is 5.92 Å². The fourth-order valence-electron chi connectivity index (χ4n) is 1.62. The summed E-state index contributed by atoms with van der Waals surface area (Å²) >= 11 is 5.72. The first-order chi connectivity index (χ1) is 9.38. The zero-order valence-corrected chi connectivity index (χ0v) is 10.8. The first kappa shape index (κ1) is 14.4. The van der Waals surface area contributed by atoms with E-state index in [1.54, 1.807) is 6.07 Å². The van der Waals surface area contributed by atoms with E-state index < -0.39 is 12.1 Å². The Morgan fingerprint density at radius 1 is 1.25 bits per heavy atom. The van der Waals surface area contributed by atoms with Crippen molar-refractivity contribution < 1.29 is 17.6 Å². The van der Waals surface area contributed by atoms with Crippen LogP contribution in [0.15, 0.2) is 41.0 Å². The number of rotatable bonds is 1. The summed E-state index contributed by atoms with van der Waals surface area (Å²) in [6.45, 7) is 0. The van der Waals surface area contributed by atoms with E-state index in [1.165, 1.54) is 30.5 Å². The van der Waals surface area contributed by atoms with Crippen LogP contribution in [0, 0.1) is 11.8 Å². The Bertz CT molecular complexity index is 653. The zero-order chi connectivity index (χ0) is 14.8. The first-order valence-electron chi connectivity index (χ1n) is 5.54. The number of anilines is 1. The van der Waals surface area contributed by atoms with E-state index in [1.807, 2.05) is 0 Å². The number of alkyl halides is 3. The number of hydrogen-bond acceptors (Lipinski definition) is 2. The largest absolute Gasteiger partial charge is 0.456 e. The Morgan fingerprint density at radius 3 is 2.60 bits per heavy atom. The SMILES string of the molecule is Nc1ccc(Cl)cc1C(C#Cc1ccco1)C(F)(F)F. The molecule has 0 amide bonds. The molecule has 2 rings (SSSR count). The van der Waals surface area contributed by atoms with Gasteiger partial charge >= 0.3 is 6.18 Å². The molecule has 6 heteroatoms. The maximum atomic E-state index is 13.1. The molecule has 1 unspecified atom stereocenters. The van der Waals surface area contributed by atoms with Gasteiger partial charge in [-0.1, -0.05) is 17.5 Å². The summed E-state index contributed by atoms with van der Waals surface area (Å²) < 4.78 is 44.2. The number of hydrogen-bond donors (Lipinski definition) is 1. The van der Waals surface area contributed by atoms with E-state index in [4.69, 9.17) is 21.8 Å². The van der Waals surface area contributed by atoms with Gasteiger partial charge in [-0.15, -0.1) is 0 Å². The molecule has 2 aromatic rings. The van der Waals surface area contributed by atoms with E-state index in [0.29, 0.717) is 0 Å². The van der Waals surface area contributed by atoms with Crippen LogP contribution in [-0.2, 0) is 0 Å². The van der Waals surface area contributed by atoms with E-state index in [9.17, 15) is 13.2 Å². The highest BCUT2D eigenvalue weighted by molar-refractivity contribution is 6.30. The molecular formula is C14H9ClF3NO. The Hall–Kier alpha value is -2.06. The van der Waals surface area contributed by atoms with Crippen molar-refractivity contribution in [3.8, 4) is 11.8 Å². The van der Waals surface area contributed by atoms with Gasteiger partial charge in [0.25, 0.3) is 0 Å². The van der Waals surface area contributed by atoms with Crippen LogP contribution in [0.25, 0.3) is 0 Å². The van der Waals surface area contributed by atoms with Crippen LogP contribution in [0.4, 0.5) is 18.9 Å². The maximum absolute atomic E-state index is 13.1. The minimum absolute atomic E-state index is 0.00882. The second kappa shape index (κ2) is 5.51. The summed E-state index contributed by atoms with van der Waals surface area (Å²) in [5.41, 5.74) is 5.41. The van der Waals surface area contributed by atoms with E-state index in [-0.39, 0.29) is 22.0 Å². The molecule has 0 aliphatic rings. The van der Waals surface area contributed by atoms with Crippen LogP contribution in [-0.4, -0.2) is 6.18 Å². The molecule has 1 atom stereocenters. The predicted molar refractivity (Wildman–Crippen MR) is 70.2 cm³/mol. The van der Waals surface area contributed by atoms with Crippen molar-refractivity contribution in [2.75, 3.05) is 5.73 Å². The number of nitrogens with two attached hydrogens (primary N) is 1. The van der Waals surface area contributed by atoms with Gasteiger partial charge in [-0.3, -0.25) is 0 Å². The molecule has 1 heterocycles. The normalized spacial score (nSPS) is 12.6. The number of furan rings is 1. The average molecular weight is 300 g/mol. The third kappa shape index (κ3) is 3.28. The Kier molecular flexibility index (Phi) is 3.96. The Balaban J connectivity index is 2.46. The highest BCUT2D eigenvalue weighted by atomic mass is 35.5. The second-order valence-corrected chi connectivity index (χ2v) is 4.43. The molecule has 2 N–H and O–H groups in total. The molecular weight excluding hydrogens is 291 g/mol. The lowest BCUT2D eigenvalue weighted by Gasteiger charge is -2.17. The van der Waals surface area contributed by atoms with Crippen LogP contribution in [0.2, 0.25) is 5.02 Å². The quantitative estimate of drug-likeness (QED) is 0.633.